The molecule has 0 amide bonds. The molecule has 1 aromatic rings. The molecule has 4 nitrogen and oxygen atoms in total. The van der Waals surface area contributed by atoms with Gasteiger partial charge in [0.2, 0.25) is 0 Å². The summed E-state index contributed by atoms with van der Waals surface area (Å²) in [6.45, 7) is 4.57. The summed E-state index contributed by atoms with van der Waals surface area (Å²) in [5.41, 5.74) is 1.75. The molecule has 82 valence electrons. The van der Waals surface area contributed by atoms with Crippen molar-refractivity contribution in [2.24, 2.45) is 0 Å². The fourth-order valence-electron chi connectivity index (χ4n) is 2.69. The van der Waals surface area contributed by atoms with E-state index in [-0.39, 0.29) is 0 Å². The van der Waals surface area contributed by atoms with Crippen molar-refractivity contribution in [3.8, 4) is 6.07 Å². The molecule has 0 aliphatic carbocycles. The van der Waals surface area contributed by atoms with Crippen molar-refractivity contribution < 1.29 is 0 Å². The first-order valence-corrected chi connectivity index (χ1v) is 5.71. The molecule has 0 radical (unpaired) electrons. The molecule has 4 heteroatoms. The highest BCUT2D eigenvalue weighted by molar-refractivity contribution is 5.50. The number of nitriles is 1. The van der Waals surface area contributed by atoms with Crippen LogP contribution in [-0.2, 0) is 0 Å². The molecule has 2 fully saturated rings. The Morgan fingerprint density at radius 1 is 1.31 bits per heavy atom. The summed E-state index contributed by atoms with van der Waals surface area (Å²) in [6, 6.07) is 4.71. The number of hydrogen-bond acceptors (Lipinski definition) is 4. The standard InChI is InChI=1S/C12H14N4/c13-6-10-5-12(8-14-7-10)16-4-3-15-2-1-11(16)9-15/h5,7-8,11H,1-4,9H2. The largest absolute Gasteiger partial charge is 0.365 e. The summed E-state index contributed by atoms with van der Waals surface area (Å²) in [5.74, 6) is 0. The van der Waals surface area contributed by atoms with E-state index in [9.17, 15) is 0 Å². The molecule has 2 atom stereocenters. The van der Waals surface area contributed by atoms with Crippen molar-refractivity contribution in [3.63, 3.8) is 0 Å². The summed E-state index contributed by atoms with van der Waals surface area (Å²) in [6.07, 6.45) is 4.72. The van der Waals surface area contributed by atoms with E-state index in [1.807, 2.05) is 12.3 Å². The predicted octanol–water partition coefficient (Wildman–Crippen LogP) is 0.848. The maximum absolute atomic E-state index is 8.87. The van der Waals surface area contributed by atoms with Gasteiger partial charge in [-0.1, -0.05) is 0 Å². The minimum absolute atomic E-state index is 0.615. The van der Waals surface area contributed by atoms with Gasteiger partial charge in [-0.25, -0.2) is 0 Å². The molecule has 2 unspecified atom stereocenters. The zero-order valence-corrected chi connectivity index (χ0v) is 9.13. The van der Waals surface area contributed by atoms with Crippen LogP contribution in [0.2, 0.25) is 0 Å². The molecule has 0 aromatic carbocycles. The Kier molecular flexibility index (Phi) is 2.26. The molecule has 16 heavy (non-hydrogen) atoms. The normalized spacial score (nSPS) is 27.8. The molecular weight excluding hydrogens is 200 g/mol. The molecular formula is C12H14N4. The molecule has 1 aromatic heterocycles. The van der Waals surface area contributed by atoms with Gasteiger partial charge in [0.1, 0.15) is 6.07 Å². The highest BCUT2D eigenvalue weighted by Crippen LogP contribution is 2.26. The van der Waals surface area contributed by atoms with Gasteiger partial charge in [0.15, 0.2) is 0 Å². The lowest BCUT2D eigenvalue weighted by Crippen LogP contribution is -2.46. The van der Waals surface area contributed by atoms with Crippen LogP contribution in [0.3, 0.4) is 0 Å². The van der Waals surface area contributed by atoms with Crippen LogP contribution < -0.4 is 4.90 Å². The van der Waals surface area contributed by atoms with Crippen LogP contribution in [0.25, 0.3) is 0 Å². The Labute approximate surface area is 95.1 Å². The number of hydrogen-bond donors (Lipinski definition) is 0. The highest BCUT2D eigenvalue weighted by Gasteiger charge is 2.32. The third-order valence-corrected chi connectivity index (χ3v) is 3.53. The SMILES string of the molecule is N#Cc1cncc(N2CCN3CCC2C3)c1. The number of anilines is 1. The number of piperazine rings is 1. The summed E-state index contributed by atoms with van der Waals surface area (Å²) in [7, 11) is 0. The zero-order valence-electron chi connectivity index (χ0n) is 9.13. The predicted molar refractivity (Wildman–Crippen MR) is 61.1 cm³/mol. The second kappa shape index (κ2) is 3.76. The van der Waals surface area contributed by atoms with Crippen molar-refractivity contribution in [2.75, 3.05) is 31.1 Å². The lowest BCUT2D eigenvalue weighted by atomic mass is 10.1. The van der Waals surface area contributed by atoms with E-state index in [1.54, 1.807) is 6.20 Å². The summed E-state index contributed by atoms with van der Waals surface area (Å²) >= 11 is 0. The second-order valence-corrected chi connectivity index (χ2v) is 4.48. The lowest BCUT2D eigenvalue weighted by Gasteiger charge is -2.35. The first kappa shape index (κ1) is 9.61. The van der Waals surface area contributed by atoms with E-state index in [1.165, 1.54) is 13.0 Å². The lowest BCUT2D eigenvalue weighted by molar-refractivity contribution is 0.310. The molecule has 0 N–H and O–H groups in total. The highest BCUT2D eigenvalue weighted by atomic mass is 15.3. The average Bonchev–Trinajstić information content (AvgIpc) is 2.71. The Morgan fingerprint density at radius 3 is 3.12 bits per heavy atom. The Morgan fingerprint density at radius 2 is 2.25 bits per heavy atom. The zero-order chi connectivity index (χ0) is 11.0. The quantitative estimate of drug-likeness (QED) is 0.695. The number of rotatable bonds is 1. The Hall–Kier alpha value is -1.60. The number of nitrogens with zero attached hydrogens (tertiary/aromatic N) is 4. The van der Waals surface area contributed by atoms with Gasteiger partial charge in [-0.3, -0.25) is 9.88 Å². The molecule has 2 saturated heterocycles. The van der Waals surface area contributed by atoms with Crippen molar-refractivity contribution in [1.29, 1.82) is 5.26 Å². The van der Waals surface area contributed by atoms with Crippen molar-refractivity contribution >= 4 is 5.69 Å². The summed E-state index contributed by atoms with van der Waals surface area (Å²) in [4.78, 5) is 9.04. The maximum atomic E-state index is 8.87. The van der Waals surface area contributed by atoms with E-state index in [0.717, 1.165) is 25.3 Å². The van der Waals surface area contributed by atoms with Crippen LogP contribution in [0.5, 0.6) is 0 Å². The average molecular weight is 214 g/mol. The number of pyridine rings is 1. The van der Waals surface area contributed by atoms with Gasteiger partial charge >= 0.3 is 0 Å². The van der Waals surface area contributed by atoms with Gasteiger partial charge in [-0.05, 0) is 12.5 Å². The second-order valence-electron chi connectivity index (χ2n) is 4.48. The smallest absolute Gasteiger partial charge is 0.101 e. The van der Waals surface area contributed by atoms with Crippen LogP contribution in [0.15, 0.2) is 18.5 Å². The molecule has 2 aliphatic heterocycles. The summed E-state index contributed by atoms with van der Waals surface area (Å²) in [5, 5.41) is 8.87. The van der Waals surface area contributed by atoms with Gasteiger partial charge in [0.25, 0.3) is 0 Å². The van der Waals surface area contributed by atoms with Crippen LogP contribution >= 0.6 is 0 Å². The summed E-state index contributed by atoms with van der Waals surface area (Å²) < 4.78 is 0. The maximum Gasteiger partial charge on any atom is 0.101 e. The molecule has 2 aliphatic rings. The molecule has 0 spiro atoms. The number of fused-ring (bicyclic) bond motifs is 2. The van der Waals surface area contributed by atoms with E-state index < -0.39 is 0 Å². The topological polar surface area (TPSA) is 43.2 Å². The molecule has 2 bridgehead atoms. The van der Waals surface area contributed by atoms with Crippen LogP contribution in [0.4, 0.5) is 5.69 Å². The van der Waals surface area contributed by atoms with Gasteiger partial charge < -0.3 is 4.90 Å². The van der Waals surface area contributed by atoms with Gasteiger partial charge in [-0.2, -0.15) is 5.26 Å². The fourth-order valence-corrected chi connectivity index (χ4v) is 2.69. The van der Waals surface area contributed by atoms with Crippen molar-refractivity contribution in [2.45, 2.75) is 12.5 Å². The first-order chi connectivity index (χ1) is 7.86. The Balaban J connectivity index is 1.88. The Bertz CT molecular complexity index is 437. The molecule has 0 saturated carbocycles. The van der Waals surface area contributed by atoms with Crippen LogP contribution in [0, 0.1) is 11.3 Å². The third kappa shape index (κ3) is 1.54. The minimum atomic E-state index is 0.615. The molecule has 3 heterocycles. The van der Waals surface area contributed by atoms with E-state index >= 15 is 0 Å². The van der Waals surface area contributed by atoms with Crippen molar-refractivity contribution in [3.05, 3.63) is 24.0 Å². The van der Waals surface area contributed by atoms with Gasteiger partial charge in [0.05, 0.1) is 17.4 Å². The third-order valence-electron chi connectivity index (χ3n) is 3.53. The van der Waals surface area contributed by atoms with E-state index in [4.69, 9.17) is 5.26 Å². The van der Waals surface area contributed by atoms with Gasteiger partial charge in [0, 0.05) is 38.4 Å². The van der Waals surface area contributed by atoms with E-state index in [0.29, 0.717) is 11.6 Å². The van der Waals surface area contributed by atoms with Crippen LogP contribution in [-0.4, -0.2) is 42.1 Å². The number of aromatic nitrogens is 1. The van der Waals surface area contributed by atoms with Crippen LogP contribution in [0.1, 0.15) is 12.0 Å². The first-order valence-electron chi connectivity index (χ1n) is 5.71. The monoisotopic (exact) mass is 214 g/mol. The van der Waals surface area contributed by atoms with Crippen molar-refractivity contribution in [1.82, 2.24) is 9.88 Å². The molecule has 3 rings (SSSR count). The fraction of sp³-hybridized carbons (Fsp3) is 0.500. The van der Waals surface area contributed by atoms with E-state index in [2.05, 4.69) is 20.9 Å². The van der Waals surface area contributed by atoms with Gasteiger partial charge in [-0.15, -0.1) is 0 Å². The minimum Gasteiger partial charge on any atom is -0.365 e.